The summed E-state index contributed by atoms with van der Waals surface area (Å²) in [6.07, 6.45) is -3.54. The van der Waals surface area contributed by atoms with Crippen molar-refractivity contribution < 1.29 is 18.0 Å². The van der Waals surface area contributed by atoms with Crippen LogP contribution in [0.2, 0.25) is 0 Å². The standard InChI is InChI=1S/C17H15F3IN3O/c18-17(19,20)13-3-6-15(22-11-13)23-7-9-24(10-8-23)16(25)12-1-4-14(21)5-2-12/h1-6,11H,7-10H2. The third kappa shape index (κ3) is 4.23. The second-order valence-corrected chi connectivity index (χ2v) is 6.93. The summed E-state index contributed by atoms with van der Waals surface area (Å²) in [5.41, 5.74) is -0.120. The van der Waals surface area contributed by atoms with E-state index in [1.54, 1.807) is 17.0 Å². The van der Waals surface area contributed by atoms with E-state index in [0.717, 1.165) is 15.8 Å². The van der Waals surface area contributed by atoms with E-state index in [4.69, 9.17) is 0 Å². The molecule has 1 aromatic carbocycles. The van der Waals surface area contributed by atoms with E-state index in [1.807, 2.05) is 17.0 Å². The lowest BCUT2D eigenvalue weighted by Gasteiger charge is -2.35. The molecule has 2 aromatic rings. The average Bonchev–Trinajstić information content (AvgIpc) is 2.61. The number of hydrogen-bond donors (Lipinski definition) is 0. The molecule has 25 heavy (non-hydrogen) atoms. The number of hydrogen-bond acceptors (Lipinski definition) is 3. The van der Waals surface area contributed by atoms with Crippen LogP contribution in [-0.2, 0) is 6.18 Å². The van der Waals surface area contributed by atoms with Gasteiger partial charge >= 0.3 is 6.18 Å². The van der Waals surface area contributed by atoms with Crippen LogP contribution in [0.1, 0.15) is 15.9 Å². The van der Waals surface area contributed by atoms with E-state index >= 15 is 0 Å². The number of pyridine rings is 1. The number of piperazine rings is 1. The van der Waals surface area contributed by atoms with Crippen molar-refractivity contribution in [3.05, 3.63) is 57.3 Å². The highest BCUT2D eigenvalue weighted by molar-refractivity contribution is 14.1. The number of nitrogens with zero attached hydrogens (tertiary/aromatic N) is 3. The molecule has 0 unspecified atom stereocenters. The van der Waals surface area contributed by atoms with Crippen molar-refractivity contribution in [3.8, 4) is 0 Å². The second-order valence-electron chi connectivity index (χ2n) is 5.69. The Bertz CT molecular complexity index is 739. The predicted molar refractivity (Wildman–Crippen MR) is 96.5 cm³/mol. The van der Waals surface area contributed by atoms with Gasteiger partial charge in [0, 0.05) is 41.5 Å². The first-order chi connectivity index (χ1) is 11.8. The van der Waals surface area contributed by atoms with Gasteiger partial charge in [0.25, 0.3) is 5.91 Å². The fraction of sp³-hybridized carbons (Fsp3) is 0.294. The van der Waals surface area contributed by atoms with Crippen molar-refractivity contribution in [3.63, 3.8) is 0 Å². The molecule has 1 saturated heterocycles. The van der Waals surface area contributed by atoms with E-state index in [1.165, 1.54) is 6.07 Å². The Morgan fingerprint density at radius 1 is 1.00 bits per heavy atom. The molecule has 0 spiro atoms. The lowest BCUT2D eigenvalue weighted by molar-refractivity contribution is -0.137. The Kier molecular flexibility index (Phi) is 5.16. The van der Waals surface area contributed by atoms with Crippen molar-refractivity contribution in [2.45, 2.75) is 6.18 Å². The first-order valence-corrected chi connectivity index (χ1v) is 8.75. The molecule has 132 valence electrons. The van der Waals surface area contributed by atoms with E-state index in [-0.39, 0.29) is 5.91 Å². The SMILES string of the molecule is O=C(c1ccc(I)cc1)N1CCN(c2ccc(C(F)(F)F)cn2)CC1. The molecule has 1 amide bonds. The summed E-state index contributed by atoms with van der Waals surface area (Å²) < 4.78 is 38.8. The van der Waals surface area contributed by atoms with Crippen molar-refractivity contribution in [1.82, 2.24) is 9.88 Å². The van der Waals surface area contributed by atoms with Crippen LogP contribution in [0, 0.1) is 3.57 Å². The minimum absolute atomic E-state index is 0.0311. The molecule has 0 bridgehead atoms. The Labute approximate surface area is 156 Å². The van der Waals surface area contributed by atoms with Gasteiger partial charge in [0.15, 0.2) is 0 Å². The number of aromatic nitrogens is 1. The number of anilines is 1. The molecule has 0 atom stereocenters. The summed E-state index contributed by atoms with van der Waals surface area (Å²) in [6.45, 7) is 2.09. The van der Waals surface area contributed by atoms with E-state index in [2.05, 4.69) is 27.6 Å². The van der Waals surface area contributed by atoms with Crippen LogP contribution in [0.15, 0.2) is 42.6 Å². The van der Waals surface area contributed by atoms with Crippen LogP contribution in [0.25, 0.3) is 0 Å². The van der Waals surface area contributed by atoms with Crippen LogP contribution in [0.3, 0.4) is 0 Å². The second kappa shape index (κ2) is 7.19. The Hall–Kier alpha value is -1.84. The number of rotatable bonds is 2. The summed E-state index contributed by atoms with van der Waals surface area (Å²) in [5.74, 6) is 0.464. The Morgan fingerprint density at radius 2 is 1.64 bits per heavy atom. The zero-order chi connectivity index (χ0) is 18.0. The van der Waals surface area contributed by atoms with Crippen LogP contribution >= 0.6 is 22.6 Å². The maximum atomic E-state index is 12.6. The van der Waals surface area contributed by atoms with Gasteiger partial charge in [-0.05, 0) is 59.0 Å². The molecule has 0 saturated carbocycles. The van der Waals surface area contributed by atoms with E-state index in [9.17, 15) is 18.0 Å². The van der Waals surface area contributed by atoms with Gasteiger partial charge in [0.1, 0.15) is 5.82 Å². The van der Waals surface area contributed by atoms with Gasteiger partial charge in [-0.25, -0.2) is 4.98 Å². The molecular weight excluding hydrogens is 446 g/mol. The summed E-state index contributed by atoms with van der Waals surface area (Å²) in [5, 5.41) is 0. The van der Waals surface area contributed by atoms with Gasteiger partial charge < -0.3 is 9.80 Å². The molecule has 3 rings (SSSR count). The van der Waals surface area contributed by atoms with Gasteiger partial charge in [0.2, 0.25) is 0 Å². The smallest absolute Gasteiger partial charge is 0.353 e. The normalized spacial score (nSPS) is 15.4. The molecule has 1 fully saturated rings. The highest BCUT2D eigenvalue weighted by Crippen LogP contribution is 2.29. The minimum Gasteiger partial charge on any atom is -0.353 e. The number of benzene rings is 1. The monoisotopic (exact) mass is 461 g/mol. The summed E-state index contributed by atoms with van der Waals surface area (Å²) >= 11 is 2.18. The summed E-state index contributed by atoms with van der Waals surface area (Å²) in [7, 11) is 0. The average molecular weight is 461 g/mol. The number of carbonyl (C=O) groups excluding carboxylic acids is 1. The third-order valence-corrected chi connectivity index (χ3v) is 4.78. The molecule has 1 aliphatic heterocycles. The lowest BCUT2D eigenvalue weighted by atomic mass is 10.2. The highest BCUT2D eigenvalue weighted by atomic mass is 127. The molecule has 0 N–H and O–H groups in total. The van der Waals surface area contributed by atoms with Gasteiger partial charge in [-0.15, -0.1) is 0 Å². The highest BCUT2D eigenvalue weighted by Gasteiger charge is 2.31. The fourth-order valence-electron chi connectivity index (χ4n) is 2.65. The maximum Gasteiger partial charge on any atom is 0.417 e. The van der Waals surface area contributed by atoms with Crippen molar-refractivity contribution >= 4 is 34.3 Å². The first-order valence-electron chi connectivity index (χ1n) is 7.67. The van der Waals surface area contributed by atoms with Crippen LogP contribution in [0.4, 0.5) is 19.0 Å². The van der Waals surface area contributed by atoms with Crippen molar-refractivity contribution in [2.24, 2.45) is 0 Å². The van der Waals surface area contributed by atoms with Crippen molar-refractivity contribution in [1.29, 1.82) is 0 Å². The first kappa shape index (κ1) is 18.0. The topological polar surface area (TPSA) is 36.4 Å². The number of amides is 1. The summed E-state index contributed by atoms with van der Waals surface area (Å²) in [4.78, 5) is 20.0. The molecule has 2 heterocycles. The number of carbonyl (C=O) groups is 1. The minimum atomic E-state index is -4.38. The maximum absolute atomic E-state index is 12.6. The predicted octanol–water partition coefficient (Wildman–Crippen LogP) is 3.67. The fourth-order valence-corrected chi connectivity index (χ4v) is 3.01. The Morgan fingerprint density at radius 3 is 2.16 bits per heavy atom. The largest absolute Gasteiger partial charge is 0.417 e. The zero-order valence-electron chi connectivity index (χ0n) is 13.1. The van der Waals surface area contributed by atoms with Gasteiger partial charge in [-0.1, -0.05) is 0 Å². The van der Waals surface area contributed by atoms with Gasteiger partial charge in [-0.3, -0.25) is 4.79 Å². The van der Waals surface area contributed by atoms with Crippen LogP contribution in [-0.4, -0.2) is 42.0 Å². The lowest BCUT2D eigenvalue weighted by Crippen LogP contribution is -2.49. The molecule has 0 aliphatic carbocycles. The zero-order valence-corrected chi connectivity index (χ0v) is 15.3. The Balaban J connectivity index is 1.61. The molecule has 0 radical (unpaired) electrons. The molecule has 1 aliphatic rings. The van der Waals surface area contributed by atoms with Crippen molar-refractivity contribution in [2.75, 3.05) is 31.1 Å². The third-order valence-electron chi connectivity index (χ3n) is 4.06. The van der Waals surface area contributed by atoms with E-state index < -0.39 is 11.7 Å². The number of halogens is 4. The quantitative estimate of drug-likeness (QED) is 0.641. The molecular formula is C17H15F3IN3O. The number of alkyl halides is 3. The van der Waals surface area contributed by atoms with Gasteiger partial charge in [-0.2, -0.15) is 13.2 Å². The van der Waals surface area contributed by atoms with Crippen LogP contribution in [0.5, 0.6) is 0 Å². The van der Waals surface area contributed by atoms with Crippen LogP contribution < -0.4 is 4.90 Å². The summed E-state index contributed by atoms with van der Waals surface area (Å²) in [6, 6.07) is 9.78. The molecule has 1 aromatic heterocycles. The molecule has 8 heteroatoms. The van der Waals surface area contributed by atoms with E-state index in [0.29, 0.717) is 37.6 Å². The van der Waals surface area contributed by atoms with Gasteiger partial charge in [0.05, 0.1) is 5.56 Å². The molecule has 4 nitrogen and oxygen atoms in total.